The van der Waals surface area contributed by atoms with Crippen LogP contribution in [0, 0.1) is 0 Å². The molecule has 1 aliphatic heterocycles. The van der Waals surface area contributed by atoms with Gasteiger partial charge in [0.1, 0.15) is 0 Å². The third-order valence-electron chi connectivity index (χ3n) is 3.32. The number of hydrazine groups is 1. The molecule has 0 spiro atoms. The number of amides is 1. The van der Waals surface area contributed by atoms with Gasteiger partial charge in [-0.05, 0) is 30.3 Å². The SMILES string of the molecule is CN(C(=O)c1cccc(NN)c1)c1ccc2c(c1)OCO2. The van der Waals surface area contributed by atoms with Gasteiger partial charge in [-0.1, -0.05) is 6.07 Å². The molecule has 0 fully saturated rings. The van der Waals surface area contributed by atoms with Gasteiger partial charge >= 0.3 is 0 Å². The Morgan fingerprint density at radius 3 is 2.81 bits per heavy atom. The van der Waals surface area contributed by atoms with E-state index in [0.29, 0.717) is 22.7 Å². The summed E-state index contributed by atoms with van der Waals surface area (Å²) < 4.78 is 10.6. The Labute approximate surface area is 122 Å². The van der Waals surface area contributed by atoms with E-state index in [1.807, 2.05) is 6.07 Å². The maximum Gasteiger partial charge on any atom is 0.258 e. The van der Waals surface area contributed by atoms with Crippen molar-refractivity contribution < 1.29 is 14.3 Å². The molecule has 0 unspecified atom stereocenters. The van der Waals surface area contributed by atoms with Crippen LogP contribution in [0.5, 0.6) is 11.5 Å². The minimum absolute atomic E-state index is 0.133. The largest absolute Gasteiger partial charge is 0.454 e. The van der Waals surface area contributed by atoms with Gasteiger partial charge in [-0.3, -0.25) is 10.6 Å². The summed E-state index contributed by atoms with van der Waals surface area (Å²) in [5.41, 5.74) is 4.49. The average Bonchev–Trinajstić information content (AvgIpc) is 3.01. The van der Waals surface area contributed by atoms with Crippen LogP contribution in [0.3, 0.4) is 0 Å². The van der Waals surface area contributed by atoms with Crippen LogP contribution in [-0.2, 0) is 0 Å². The molecular formula is C15H15N3O3. The molecule has 0 atom stereocenters. The Bertz CT molecular complexity index is 688. The number of carbonyl (C=O) groups excluding carboxylic acids is 1. The molecule has 1 heterocycles. The minimum Gasteiger partial charge on any atom is -0.454 e. The summed E-state index contributed by atoms with van der Waals surface area (Å²) in [6.07, 6.45) is 0. The number of benzene rings is 2. The van der Waals surface area contributed by atoms with Crippen molar-refractivity contribution in [2.24, 2.45) is 5.84 Å². The molecule has 6 heteroatoms. The maximum absolute atomic E-state index is 12.5. The van der Waals surface area contributed by atoms with Gasteiger partial charge in [0.15, 0.2) is 11.5 Å². The fraction of sp³-hybridized carbons (Fsp3) is 0.133. The number of nitrogens with one attached hydrogen (secondary N) is 1. The molecule has 3 rings (SSSR count). The monoisotopic (exact) mass is 285 g/mol. The van der Waals surface area contributed by atoms with Gasteiger partial charge in [0.05, 0.1) is 0 Å². The molecule has 0 saturated heterocycles. The third kappa shape index (κ3) is 2.48. The van der Waals surface area contributed by atoms with Crippen molar-refractivity contribution in [2.45, 2.75) is 0 Å². The first-order valence-corrected chi connectivity index (χ1v) is 6.43. The van der Waals surface area contributed by atoms with Gasteiger partial charge < -0.3 is 19.8 Å². The zero-order valence-electron chi connectivity index (χ0n) is 11.5. The molecule has 21 heavy (non-hydrogen) atoms. The van der Waals surface area contributed by atoms with E-state index in [-0.39, 0.29) is 12.7 Å². The summed E-state index contributed by atoms with van der Waals surface area (Å²) in [5.74, 6) is 6.56. The summed E-state index contributed by atoms with van der Waals surface area (Å²) in [7, 11) is 1.71. The predicted octanol–water partition coefficient (Wildman–Crippen LogP) is 1.98. The van der Waals surface area contributed by atoms with E-state index in [1.54, 1.807) is 48.3 Å². The third-order valence-corrected chi connectivity index (χ3v) is 3.32. The van der Waals surface area contributed by atoms with Crippen molar-refractivity contribution in [3.05, 3.63) is 48.0 Å². The van der Waals surface area contributed by atoms with E-state index in [4.69, 9.17) is 15.3 Å². The lowest BCUT2D eigenvalue weighted by atomic mass is 10.1. The highest BCUT2D eigenvalue weighted by Crippen LogP contribution is 2.35. The van der Waals surface area contributed by atoms with E-state index in [0.717, 1.165) is 5.69 Å². The molecule has 0 aromatic heterocycles. The number of ether oxygens (including phenoxy) is 2. The van der Waals surface area contributed by atoms with E-state index in [1.165, 1.54) is 0 Å². The summed E-state index contributed by atoms with van der Waals surface area (Å²) >= 11 is 0. The van der Waals surface area contributed by atoms with Gasteiger partial charge in [-0.15, -0.1) is 0 Å². The number of nitrogen functional groups attached to an aromatic ring is 1. The lowest BCUT2D eigenvalue weighted by molar-refractivity contribution is 0.0993. The Morgan fingerprint density at radius 2 is 2.00 bits per heavy atom. The Balaban J connectivity index is 1.87. The second-order valence-electron chi connectivity index (χ2n) is 4.63. The second-order valence-corrected chi connectivity index (χ2v) is 4.63. The molecule has 108 valence electrons. The van der Waals surface area contributed by atoms with Crippen molar-refractivity contribution >= 4 is 17.3 Å². The average molecular weight is 285 g/mol. The molecule has 3 N–H and O–H groups in total. The first-order valence-electron chi connectivity index (χ1n) is 6.43. The van der Waals surface area contributed by atoms with Crippen LogP contribution in [-0.4, -0.2) is 19.7 Å². The summed E-state index contributed by atoms with van der Waals surface area (Å²) in [6.45, 7) is 0.209. The molecule has 1 aliphatic rings. The Kier molecular flexibility index (Phi) is 3.37. The standard InChI is InChI=1S/C15H15N3O3/c1-18(12-5-6-13-14(8-12)21-9-20-13)15(19)10-3-2-4-11(7-10)17-16/h2-8,17H,9,16H2,1H3. The molecule has 6 nitrogen and oxygen atoms in total. The minimum atomic E-state index is -0.133. The van der Waals surface area contributed by atoms with Crippen molar-refractivity contribution in [1.29, 1.82) is 0 Å². The highest BCUT2D eigenvalue weighted by atomic mass is 16.7. The van der Waals surface area contributed by atoms with Gasteiger partial charge in [0.2, 0.25) is 6.79 Å². The van der Waals surface area contributed by atoms with Crippen LogP contribution >= 0.6 is 0 Å². The van der Waals surface area contributed by atoms with Crippen molar-refractivity contribution in [3.8, 4) is 11.5 Å². The number of nitrogens with two attached hydrogens (primary N) is 1. The van der Waals surface area contributed by atoms with Crippen LogP contribution < -0.4 is 25.6 Å². The number of anilines is 2. The number of hydrogen-bond donors (Lipinski definition) is 2. The van der Waals surface area contributed by atoms with Gasteiger partial charge in [-0.2, -0.15) is 0 Å². The van der Waals surface area contributed by atoms with Gasteiger partial charge in [0, 0.05) is 30.1 Å². The fourth-order valence-electron chi connectivity index (χ4n) is 2.15. The highest BCUT2D eigenvalue weighted by molar-refractivity contribution is 6.06. The van der Waals surface area contributed by atoms with E-state index < -0.39 is 0 Å². The van der Waals surface area contributed by atoms with Gasteiger partial charge in [-0.25, -0.2) is 0 Å². The lowest BCUT2D eigenvalue weighted by Crippen LogP contribution is -2.26. The molecule has 1 amide bonds. The van der Waals surface area contributed by atoms with Crippen molar-refractivity contribution in [2.75, 3.05) is 24.2 Å². The smallest absolute Gasteiger partial charge is 0.258 e. The number of hydrogen-bond acceptors (Lipinski definition) is 5. The van der Waals surface area contributed by atoms with E-state index >= 15 is 0 Å². The summed E-state index contributed by atoms with van der Waals surface area (Å²) in [4.78, 5) is 14.1. The molecule has 2 aromatic carbocycles. The van der Waals surface area contributed by atoms with Crippen LogP contribution in [0.1, 0.15) is 10.4 Å². The highest BCUT2D eigenvalue weighted by Gasteiger charge is 2.18. The first-order chi connectivity index (χ1) is 10.2. The summed E-state index contributed by atoms with van der Waals surface area (Å²) in [6, 6.07) is 12.4. The van der Waals surface area contributed by atoms with Crippen LogP contribution in [0.2, 0.25) is 0 Å². The number of rotatable bonds is 3. The van der Waals surface area contributed by atoms with Crippen molar-refractivity contribution in [1.82, 2.24) is 0 Å². The number of fused-ring (bicyclic) bond motifs is 1. The lowest BCUT2D eigenvalue weighted by Gasteiger charge is -2.18. The molecule has 0 bridgehead atoms. The normalized spacial score (nSPS) is 12.1. The van der Waals surface area contributed by atoms with Crippen LogP contribution in [0.15, 0.2) is 42.5 Å². The topological polar surface area (TPSA) is 76.8 Å². The van der Waals surface area contributed by atoms with Crippen LogP contribution in [0.4, 0.5) is 11.4 Å². The number of nitrogens with zero attached hydrogens (tertiary/aromatic N) is 1. The fourth-order valence-corrected chi connectivity index (χ4v) is 2.15. The zero-order chi connectivity index (χ0) is 14.8. The van der Waals surface area contributed by atoms with Crippen molar-refractivity contribution in [3.63, 3.8) is 0 Å². The quantitative estimate of drug-likeness (QED) is 0.666. The Hall–Kier alpha value is -2.73. The zero-order valence-corrected chi connectivity index (χ0v) is 11.5. The summed E-state index contributed by atoms with van der Waals surface area (Å²) in [5, 5.41) is 0. The van der Waals surface area contributed by atoms with Crippen LogP contribution in [0.25, 0.3) is 0 Å². The van der Waals surface area contributed by atoms with E-state index in [2.05, 4.69) is 5.43 Å². The van der Waals surface area contributed by atoms with Gasteiger partial charge in [0.25, 0.3) is 5.91 Å². The first kappa shape index (κ1) is 13.3. The second kappa shape index (κ2) is 5.34. The molecule has 2 aromatic rings. The molecule has 0 aliphatic carbocycles. The molecule has 0 saturated carbocycles. The molecular weight excluding hydrogens is 270 g/mol. The number of carbonyl (C=O) groups is 1. The maximum atomic E-state index is 12.5. The Morgan fingerprint density at radius 1 is 1.19 bits per heavy atom. The predicted molar refractivity (Wildman–Crippen MR) is 79.6 cm³/mol. The molecule has 0 radical (unpaired) electrons. The van der Waals surface area contributed by atoms with E-state index in [9.17, 15) is 4.79 Å².